The summed E-state index contributed by atoms with van der Waals surface area (Å²) in [6, 6.07) is 11.8. The maximum Gasteiger partial charge on any atom is 0.143 e. The van der Waals surface area contributed by atoms with E-state index in [1.165, 1.54) is 0 Å². The summed E-state index contributed by atoms with van der Waals surface area (Å²) in [5.41, 5.74) is 3.18. The molecule has 0 heterocycles. The highest BCUT2D eigenvalue weighted by Gasteiger charge is 2.08. The Morgan fingerprint density at radius 3 is 2.68 bits per heavy atom. The maximum absolute atomic E-state index is 6.15. The van der Waals surface area contributed by atoms with Crippen molar-refractivity contribution in [2.24, 2.45) is 0 Å². The van der Waals surface area contributed by atoms with E-state index in [1.807, 2.05) is 37.3 Å². The molecule has 0 radical (unpaired) electrons. The van der Waals surface area contributed by atoms with Crippen molar-refractivity contribution >= 4 is 33.2 Å². The van der Waals surface area contributed by atoms with Gasteiger partial charge in [-0.3, -0.25) is 0 Å². The summed E-state index contributed by atoms with van der Waals surface area (Å²) < 4.78 is 6.40. The zero-order valence-corrected chi connectivity index (χ0v) is 13.2. The van der Waals surface area contributed by atoms with Gasteiger partial charge in [-0.25, -0.2) is 0 Å². The first-order valence-corrected chi connectivity index (χ1v) is 7.10. The lowest BCUT2D eigenvalue weighted by Gasteiger charge is -2.15. The minimum Gasteiger partial charge on any atom is -0.495 e. The van der Waals surface area contributed by atoms with E-state index in [2.05, 4.69) is 27.3 Å². The van der Waals surface area contributed by atoms with Crippen LogP contribution in [0.15, 0.2) is 40.9 Å². The number of methoxy groups -OCH3 is 1. The molecule has 0 aliphatic heterocycles. The van der Waals surface area contributed by atoms with E-state index in [0.29, 0.717) is 6.54 Å². The van der Waals surface area contributed by atoms with Gasteiger partial charge in [-0.2, -0.15) is 0 Å². The van der Waals surface area contributed by atoms with E-state index in [9.17, 15) is 0 Å². The number of ether oxygens (including phenoxy) is 1. The average Bonchev–Trinajstić information content (AvgIpc) is 2.38. The molecule has 2 rings (SSSR count). The van der Waals surface area contributed by atoms with Crippen LogP contribution < -0.4 is 10.1 Å². The van der Waals surface area contributed by atoms with E-state index in [4.69, 9.17) is 16.3 Å². The second-order valence-corrected chi connectivity index (χ2v) is 5.57. The van der Waals surface area contributed by atoms with Crippen LogP contribution >= 0.6 is 27.5 Å². The van der Waals surface area contributed by atoms with Gasteiger partial charge in [0.25, 0.3) is 0 Å². The number of anilines is 1. The van der Waals surface area contributed by atoms with Gasteiger partial charge in [0.15, 0.2) is 0 Å². The lowest BCUT2D eigenvalue weighted by molar-refractivity contribution is 0.416. The summed E-state index contributed by atoms with van der Waals surface area (Å²) in [7, 11) is 1.67. The van der Waals surface area contributed by atoms with Gasteiger partial charge in [-0.1, -0.05) is 45.7 Å². The molecule has 19 heavy (non-hydrogen) atoms. The highest BCUT2D eigenvalue weighted by atomic mass is 79.9. The number of nitrogens with one attached hydrogen (secondary N) is 1. The number of rotatable bonds is 4. The Bertz CT molecular complexity index is 586. The minimum atomic E-state index is 0.665. The average molecular weight is 341 g/mol. The Hall–Kier alpha value is -1.19. The molecule has 2 nitrogen and oxygen atoms in total. The van der Waals surface area contributed by atoms with E-state index < -0.39 is 0 Å². The Morgan fingerprint density at radius 2 is 2.00 bits per heavy atom. The molecule has 4 heteroatoms. The van der Waals surface area contributed by atoms with Gasteiger partial charge in [0, 0.05) is 16.0 Å². The lowest BCUT2D eigenvalue weighted by atomic mass is 10.1. The van der Waals surface area contributed by atoms with Crippen molar-refractivity contribution < 1.29 is 4.74 Å². The van der Waals surface area contributed by atoms with Crippen LogP contribution in [-0.2, 0) is 6.54 Å². The Morgan fingerprint density at radius 1 is 1.26 bits per heavy atom. The molecule has 0 saturated carbocycles. The smallest absolute Gasteiger partial charge is 0.143 e. The molecule has 0 atom stereocenters. The molecule has 0 bridgehead atoms. The van der Waals surface area contributed by atoms with Crippen LogP contribution in [0.5, 0.6) is 5.75 Å². The molecule has 0 spiro atoms. The lowest BCUT2D eigenvalue weighted by Crippen LogP contribution is -2.03. The molecule has 0 unspecified atom stereocenters. The van der Waals surface area contributed by atoms with Crippen molar-refractivity contribution in [3.05, 3.63) is 57.0 Å². The van der Waals surface area contributed by atoms with Crippen molar-refractivity contribution in [2.45, 2.75) is 13.5 Å². The Balaban J connectivity index is 2.22. The molecule has 100 valence electrons. The normalized spacial score (nSPS) is 10.3. The molecule has 0 saturated heterocycles. The van der Waals surface area contributed by atoms with Crippen LogP contribution in [0, 0.1) is 6.92 Å². The number of benzene rings is 2. The summed E-state index contributed by atoms with van der Waals surface area (Å²) in [6.07, 6.45) is 0. The van der Waals surface area contributed by atoms with Gasteiger partial charge in [0.2, 0.25) is 0 Å². The SMILES string of the molecule is COc1cc(Br)cc(C)c1NCc1ccccc1Cl. The Kier molecular flexibility index (Phi) is 4.72. The van der Waals surface area contributed by atoms with Crippen LogP contribution in [-0.4, -0.2) is 7.11 Å². The Labute approximate surface area is 126 Å². The van der Waals surface area contributed by atoms with Gasteiger partial charge in [-0.05, 0) is 36.2 Å². The van der Waals surface area contributed by atoms with E-state index in [0.717, 1.165) is 32.1 Å². The zero-order chi connectivity index (χ0) is 13.8. The first-order chi connectivity index (χ1) is 9.11. The van der Waals surface area contributed by atoms with Crippen molar-refractivity contribution in [3.8, 4) is 5.75 Å². The zero-order valence-electron chi connectivity index (χ0n) is 10.8. The highest BCUT2D eigenvalue weighted by molar-refractivity contribution is 9.10. The quantitative estimate of drug-likeness (QED) is 0.842. The monoisotopic (exact) mass is 339 g/mol. The standard InChI is InChI=1S/C15H15BrClNO/c1-10-7-12(16)8-14(19-2)15(10)18-9-11-5-3-4-6-13(11)17/h3-8,18H,9H2,1-2H3. The largest absolute Gasteiger partial charge is 0.495 e. The third-order valence-electron chi connectivity index (χ3n) is 2.90. The van der Waals surface area contributed by atoms with Gasteiger partial charge < -0.3 is 10.1 Å². The topological polar surface area (TPSA) is 21.3 Å². The molecule has 0 fully saturated rings. The van der Waals surface area contributed by atoms with Gasteiger partial charge in [0.05, 0.1) is 12.8 Å². The third kappa shape index (κ3) is 3.43. The molecule has 0 aliphatic carbocycles. The molecule has 0 amide bonds. The van der Waals surface area contributed by atoms with Crippen LogP contribution in [0.1, 0.15) is 11.1 Å². The fourth-order valence-corrected chi connectivity index (χ4v) is 2.68. The highest BCUT2D eigenvalue weighted by Crippen LogP contribution is 2.32. The van der Waals surface area contributed by atoms with E-state index in [-0.39, 0.29) is 0 Å². The molecule has 1 N–H and O–H groups in total. The number of halogens is 2. The fraction of sp³-hybridized carbons (Fsp3) is 0.200. The number of aryl methyl sites for hydroxylation is 1. The second kappa shape index (κ2) is 6.31. The predicted molar refractivity (Wildman–Crippen MR) is 84.2 cm³/mol. The van der Waals surface area contributed by atoms with Gasteiger partial charge in [0.1, 0.15) is 5.75 Å². The third-order valence-corrected chi connectivity index (χ3v) is 3.72. The van der Waals surface area contributed by atoms with Gasteiger partial charge >= 0.3 is 0 Å². The van der Waals surface area contributed by atoms with Crippen molar-refractivity contribution in [1.82, 2.24) is 0 Å². The molecular formula is C15H15BrClNO. The number of hydrogen-bond acceptors (Lipinski definition) is 2. The van der Waals surface area contributed by atoms with Crippen LogP contribution in [0.25, 0.3) is 0 Å². The van der Waals surface area contributed by atoms with Crippen LogP contribution in [0.4, 0.5) is 5.69 Å². The van der Waals surface area contributed by atoms with E-state index >= 15 is 0 Å². The van der Waals surface area contributed by atoms with E-state index in [1.54, 1.807) is 7.11 Å². The molecule has 0 aliphatic rings. The van der Waals surface area contributed by atoms with Crippen molar-refractivity contribution in [2.75, 3.05) is 12.4 Å². The maximum atomic E-state index is 6.15. The number of hydrogen-bond donors (Lipinski definition) is 1. The summed E-state index contributed by atoms with van der Waals surface area (Å²) in [4.78, 5) is 0. The second-order valence-electron chi connectivity index (χ2n) is 4.24. The molecular weight excluding hydrogens is 326 g/mol. The first kappa shape index (κ1) is 14.2. The van der Waals surface area contributed by atoms with Crippen LogP contribution in [0.3, 0.4) is 0 Å². The first-order valence-electron chi connectivity index (χ1n) is 5.93. The molecule has 0 aromatic heterocycles. The molecule has 2 aromatic rings. The fourth-order valence-electron chi connectivity index (χ4n) is 1.93. The molecule has 2 aromatic carbocycles. The minimum absolute atomic E-state index is 0.665. The van der Waals surface area contributed by atoms with Crippen molar-refractivity contribution in [1.29, 1.82) is 0 Å². The summed E-state index contributed by atoms with van der Waals surface area (Å²) in [5, 5.41) is 4.15. The summed E-state index contributed by atoms with van der Waals surface area (Å²) in [5.74, 6) is 0.818. The summed E-state index contributed by atoms with van der Waals surface area (Å²) in [6.45, 7) is 2.71. The van der Waals surface area contributed by atoms with Crippen molar-refractivity contribution in [3.63, 3.8) is 0 Å². The predicted octanol–water partition coefficient (Wildman–Crippen LogP) is 5.03. The van der Waals surface area contributed by atoms with Gasteiger partial charge in [-0.15, -0.1) is 0 Å². The summed E-state index contributed by atoms with van der Waals surface area (Å²) >= 11 is 9.62. The van der Waals surface area contributed by atoms with Crippen LogP contribution in [0.2, 0.25) is 5.02 Å².